The van der Waals surface area contributed by atoms with Crippen LogP contribution in [-0.4, -0.2) is 27.4 Å². The van der Waals surface area contributed by atoms with Crippen molar-refractivity contribution in [1.82, 2.24) is 9.97 Å². The molecule has 0 radical (unpaired) electrons. The van der Waals surface area contributed by atoms with Gasteiger partial charge in [-0.3, -0.25) is 0 Å². The van der Waals surface area contributed by atoms with Crippen molar-refractivity contribution < 1.29 is 9.52 Å². The Bertz CT molecular complexity index is 729. The summed E-state index contributed by atoms with van der Waals surface area (Å²) in [5, 5.41) is 15.0. The van der Waals surface area contributed by atoms with E-state index < -0.39 is 0 Å². The predicted octanol–water partition coefficient (Wildman–Crippen LogP) is 3.64. The zero-order chi connectivity index (χ0) is 15.9. The van der Waals surface area contributed by atoms with Crippen molar-refractivity contribution in [3.63, 3.8) is 0 Å². The molecule has 7 heteroatoms. The number of nitrogens with one attached hydrogen (secondary N) is 1. The molecule has 0 aliphatic heterocycles. The van der Waals surface area contributed by atoms with Gasteiger partial charge in [0.05, 0.1) is 25.1 Å². The lowest BCUT2D eigenvalue weighted by Crippen LogP contribution is -2.02. The van der Waals surface area contributed by atoms with E-state index in [4.69, 9.17) is 9.52 Å². The molecule has 3 aromatic heterocycles. The Morgan fingerprint density at radius 1 is 1.35 bits per heavy atom. The average molecular weight is 347 g/mol. The molecule has 0 fully saturated rings. The Morgan fingerprint density at radius 2 is 2.30 bits per heavy atom. The molecular formula is C16H17N3O2S2. The van der Waals surface area contributed by atoms with Gasteiger partial charge in [-0.2, -0.15) is 11.8 Å². The molecule has 0 aromatic carbocycles. The molecule has 0 spiro atoms. The molecule has 0 saturated heterocycles. The Morgan fingerprint density at radius 3 is 3.13 bits per heavy atom. The van der Waals surface area contributed by atoms with Crippen molar-refractivity contribution in [3.8, 4) is 10.8 Å². The SMILES string of the molecule is OCCSCc1ccnc(NCc2csc(-c3ccco3)n2)c1. The van der Waals surface area contributed by atoms with Crippen LogP contribution in [0.4, 0.5) is 5.82 Å². The number of furan rings is 1. The van der Waals surface area contributed by atoms with Crippen molar-refractivity contribution in [2.75, 3.05) is 17.7 Å². The van der Waals surface area contributed by atoms with Crippen molar-refractivity contribution in [1.29, 1.82) is 0 Å². The highest BCUT2D eigenvalue weighted by atomic mass is 32.2. The number of nitrogens with zero attached hydrogens (tertiary/aromatic N) is 2. The third-order valence-corrected chi connectivity index (χ3v) is 4.98. The van der Waals surface area contributed by atoms with E-state index in [1.807, 2.05) is 29.6 Å². The molecule has 0 aliphatic rings. The van der Waals surface area contributed by atoms with Crippen LogP contribution in [0, 0.1) is 0 Å². The van der Waals surface area contributed by atoms with Crippen LogP contribution in [0.2, 0.25) is 0 Å². The first-order chi connectivity index (χ1) is 11.3. The lowest BCUT2D eigenvalue weighted by molar-refractivity contribution is 0.322. The Balaban J connectivity index is 1.57. The monoisotopic (exact) mass is 347 g/mol. The second-order valence-corrected chi connectivity index (χ2v) is 6.76. The highest BCUT2D eigenvalue weighted by Crippen LogP contribution is 2.24. The van der Waals surface area contributed by atoms with Gasteiger partial charge in [0, 0.05) is 23.1 Å². The normalized spacial score (nSPS) is 10.8. The number of anilines is 1. The summed E-state index contributed by atoms with van der Waals surface area (Å²) in [6.45, 7) is 0.833. The summed E-state index contributed by atoms with van der Waals surface area (Å²) < 4.78 is 5.35. The Hall–Kier alpha value is -1.83. The number of thioether (sulfide) groups is 1. The molecule has 3 rings (SSSR count). The van der Waals surface area contributed by atoms with Crippen LogP contribution in [-0.2, 0) is 12.3 Å². The van der Waals surface area contributed by atoms with Crippen LogP contribution in [0.5, 0.6) is 0 Å². The molecule has 0 unspecified atom stereocenters. The van der Waals surface area contributed by atoms with Gasteiger partial charge in [0.1, 0.15) is 5.82 Å². The maximum Gasteiger partial charge on any atom is 0.162 e. The first kappa shape index (κ1) is 16.0. The van der Waals surface area contributed by atoms with E-state index in [0.29, 0.717) is 6.54 Å². The first-order valence-electron chi connectivity index (χ1n) is 7.21. The van der Waals surface area contributed by atoms with E-state index in [-0.39, 0.29) is 6.61 Å². The third kappa shape index (κ3) is 4.57. The van der Waals surface area contributed by atoms with Crippen LogP contribution in [0.15, 0.2) is 46.5 Å². The topological polar surface area (TPSA) is 71.2 Å². The fraction of sp³-hybridized carbons (Fsp3) is 0.250. The molecule has 0 aliphatic carbocycles. The number of aliphatic hydroxyl groups is 1. The molecule has 0 saturated carbocycles. The first-order valence-corrected chi connectivity index (χ1v) is 9.24. The standard InChI is InChI=1S/C16H17N3O2S2/c20-5-7-22-10-12-3-4-17-15(8-12)18-9-13-11-23-16(19-13)14-2-1-6-21-14/h1-4,6,8,11,20H,5,7,9-10H2,(H,17,18). The number of thiazole rings is 1. The van der Waals surface area contributed by atoms with E-state index in [1.54, 1.807) is 35.6 Å². The smallest absolute Gasteiger partial charge is 0.162 e. The second-order valence-electron chi connectivity index (χ2n) is 4.80. The van der Waals surface area contributed by atoms with Crippen molar-refractivity contribution in [3.05, 3.63) is 53.4 Å². The maximum absolute atomic E-state index is 8.82. The van der Waals surface area contributed by atoms with Gasteiger partial charge in [-0.1, -0.05) is 0 Å². The number of pyridine rings is 1. The van der Waals surface area contributed by atoms with E-state index in [1.165, 1.54) is 5.56 Å². The fourth-order valence-electron chi connectivity index (χ4n) is 2.00. The molecule has 120 valence electrons. The van der Waals surface area contributed by atoms with Gasteiger partial charge in [0.15, 0.2) is 10.8 Å². The summed E-state index contributed by atoms with van der Waals surface area (Å²) >= 11 is 3.27. The summed E-state index contributed by atoms with van der Waals surface area (Å²) in [5.74, 6) is 3.25. The number of rotatable bonds is 8. The summed E-state index contributed by atoms with van der Waals surface area (Å²) in [4.78, 5) is 8.88. The van der Waals surface area contributed by atoms with Crippen LogP contribution in [0.3, 0.4) is 0 Å². The summed E-state index contributed by atoms with van der Waals surface area (Å²) in [6.07, 6.45) is 3.45. The summed E-state index contributed by atoms with van der Waals surface area (Å²) in [6, 6.07) is 7.79. The van der Waals surface area contributed by atoms with Gasteiger partial charge in [0.25, 0.3) is 0 Å². The largest absolute Gasteiger partial charge is 0.462 e. The zero-order valence-electron chi connectivity index (χ0n) is 12.4. The van der Waals surface area contributed by atoms with Gasteiger partial charge < -0.3 is 14.8 Å². The van der Waals surface area contributed by atoms with Crippen LogP contribution >= 0.6 is 23.1 Å². The van der Waals surface area contributed by atoms with Crippen LogP contribution in [0.25, 0.3) is 10.8 Å². The second kappa shape index (κ2) is 8.14. The average Bonchev–Trinajstić information content (AvgIpc) is 3.25. The molecule has 0 atom stereocenters. The minimum Gasteiger partial charge on any atom is -0.462 e. The van der Waals surface area contributed by atoms with Crippen molar-refractivity contribution in [2.24, 2.45) is 0 Å². The lowest BCUT2D eigenvalue weighted by Gasteiger charge is -2.06. The van der Waals surface area contributed by atoms with Crippen LogP contribution in [0.1, 0.15) is 11.3 Å². The molecule has 0 bridgehead atoms. The number of hydrogen-bond donors (Lipinski definition) is 2. The molecule has 3 aromatic rings. The van der Waals surface area contributed by atoms with Crippen molar-refractivity contribution in [2.45, 2.75) is 12.3 Å². The lowest BCUT2D eigenvalue weighted by atomic mass is 10.3. The highest BCUT2D eigenvalue weighted by molar-refractivity contribution is 7.98. The van der Waals surface area contributed by atoms with E-state index >= 15 is 0 Å². The van der Waals surface area contributed by atoms with Gasteiger partial charge in [-0.15, -0.1) is 11.3 Å². The molecule has 23 heavy (non-hydrogen) atoms. The van der Waals surface area contributed by atoms with E-state index in [0.717, 1.165) is 33.8 Å². The number of aliphatic hydroxyl groups excluding tert-OH is 1. The molecule has 0 amide bonds. The molecule has 5 nitrogen and oxygen atoms in total. The third-order valence-electron chi connectivity index (χ3n) is 3.06. The fourth-order valence-corrected chi connectivity index (χ4v) is 3.47. The van der Waals surface area contributed by atoms with E-state index in [2.05, 4.69) is 15.3 Å². The maximum atomic E-state index is 8.82. The number of aromatic nitrogens is 2. The molecular weight excluding hydrogens is 330 g/mol. The van der Waals surface area contributed by atoms with Crippen LogP contribution < -0.4 is 5.32 Å². The minimum absolute atomic E-state index is 0.211. The van der Waals surface area contributed by atoms with E-state index in [9.17, 15) is 0 Å². The Labute approximate surface area is 142 Å². The highest BCUT2D eigenvalue weighted by Gasteiger charge is 2.07. The van der Waals surface area contributed by atoms with Gasteiger partial charge in [-0.05, 0) is 29.8 Å². The summed E-state index contributed by atoms with van der Waals surface area (Å²) in [5.41, 5.74) is 2.15. The quantitative estimate of drug-likeness (QED) is 0.606. The molecule has 3 heterocycles. The Kier molecular flexibility index (Phi) is 5.68. The number of hydrogen-bond acceptors (Lipinski definition) is 7. The van der Waals surface area contributed by atoms with Gasteiger partial charge in [0.2, 0.25) is 0 Å². The summed E-state index contributed by atoms with van der Waals surface area (Å²) in [7, 11) is 0. The van der Waals surface area contributed by atoms with Crippen molar-refractivity contribution >= 4 is 28.9 Å². The zero-order valence-corrected chi connectivity index (χ0v) is 14.1. The minimum atomic E-state index is 0.211. The predicted molar refractivity (Wildman–Crippen MR) is 94.6 cm³/mol. The van der Waals surface area contributed by atoms with Gasteiger partial charge in [-0.25, -0.2) is 9.97 Å². The molecule has 2 N–H and O–H groups in total. The van der Waals surface area contributed by atoms with Gasteiger partial charge >= 0.3 is 0 Å².